The van der Waals surface area contributed by atoms with E-state index in [1.54, 1.807) is 32.1 Å². The lowest BCUT2D eigenvalue weighted by Crippen LogP contribution is -2.13. The highest BCUT2D eigenvalue weighted by molar-refractivity contribution is 5.19. The molecule has 54 valence electrons. The van der Waals surface area contributed by atoms with Crippen molar-refractivity contribution in [2.75, 3.05) is 0 Å². The topological polar surface area (TPSA) is 0 Å². The van der Waals surface area contributed by atoms with E-state index in [0.29, 0.717) is 0 Å². The van der Waals surface area contributed by atoms with E-state index < -0.39 is 0 Å². The van der Waals surface area contributed by atoms with Crippen molar-refractivity contribution in [1.82, 2.24) is 0 Å². The molecule has 0 amide bonds. The molecule has 0 nitrogen and oxygen atoms in total. The molecule has 0 saturated heterocycles. The van der Waals surface area contributed by atoms with Crippen LogP contribution in [0.2, 0.25) is 0 Å². The second-order valence-electron chi connectivity index (χ2n) is 5.23. The van der Waals surface area contributed by atoms with E-state index in [9.17, 15) is 0 Å². The molecule has 0 aliphatic heterocycles. The summed E-state index contributed by atoms with van der Waals surface area (Å²) in [4.78, 5) is 0. The molecule has 0 aromatic carbocycles. The Morgan fingerprint density at radius 1 is 1.00 bits per heavy atom. The van der Waals surface area contributed by atoms with Gasteiger partial charge < -0.3 is 0 Å². The van der Waals surface area contributed by atoms with Gasteiger partial charge in [-0.25, -0.2) is 0 Å². The van der Waals surface area contributed by atoms with Crippen molar-refractivity contribution in [3.63, 3.8) is 0 Å². The first-order valence-corrected chi connectivity index (χ1v) is 4.89. The average molecular weight is 134 g/mol. The summed E-state index contributed by atoms with van der Waals surface area (Å²) in [6, 6.07) is 0. The van der Waals surface area contributed by atoms with E-state index in [1.165, 1.54) is 23.7 Å². The van der Waals surface area contributed by atoms with Crippen LogP contribution in [0.4, 0.5) is 0 Å². The van der Waals surface area contributed by atoms with Gasteiger partial charge in [-0.15, -0.1) is 0 Å². The minimum atomic E-state index is 0.975. The molecule has 0 aromatic heterocycles. The normalized spacial score (nSPS) is 64.8. The summed E-state index contributed by atoms with van der Waals surface area (Å²) in [5, 5.41) is 0. The van der Waals surface area contributed by atoms with Crippen LogP contribution in [0.25, 0.3) is 0 Å². The third-order valence-electron chi connectivity index (χ3n) is 4.92. The van der Waals surface area contributed by atoms with E-state index in [4.69, 9.17) is 0 Å². The molecule has 4 fully saturated rings. The zero-order chi connectivity index (χ0) is 6.34. The molecule has 0 radical (unpaired) electrons. The van der Waals surface area contributed by atoms with Crippen LogP contribution in [-0.2, 0) is 0 Å². The summed E-state index contributed by atoms with van der Waals surface area (Å²) in [5.41, 5.74) is 0.975. The van der Waals surface area contributed by atoms with Gasteiger partial charge in [0, 0.05) is 0 Å². The van der Waals surface area contributed by atoms with Gasteiger partial charge in [0.05, 0.1) is 0 Å². The van der Waals surface area contributed by atoms with Gasteiger partial charge in [0.15, 0.2) is 0 Å². The molecule has 0 heterocycles. The first kappa shape index (κ1) is 4.79. The molecule has 4 unspecified atom stereocenters. The maximum absolute atomic E-state index is 1.65. The van der Waals surface area contributed by atoms with Gasteiger partial charge in [-0.05, 0) is 61.2 Å². The van der Waals surface area contributed by atoms with E-state index in [0.717, 1.165) is 5.41 Å². The lowest BCUT2D eigenvalue weighted by Gasteiger charge is -2.19. The predicted octanol–water partition coefficient (Wildman–Crippen LogP) is 2.44. The van der Waals surface area contributed by atoms with Crippen molar-refractivity contribution >= 4 is 0 Å². The smallest absolute Gasteiger partial charge is 0.0263 e. The number of fused-ring (bicyclic) bond motifs is 6. The third-order valence-corrected chi connectivity index (χ3v) is 4.92. The number of hydrogen-bond acceptors (Lipinski definition) is 0. The highest BCUT2D eigenvalue weighted by Gasteiger charge is 2.69. The predicted molar refractivity (Wildman–Crippen MR) is 39.5 cm³/mol. The first-order chi connectivity index (χ1) is 4.89. The van der Waals surface area contributed by atoms with Crippen LogP contribution in [0, 0.1) is 29.1 Å². The highest BCUT2D eigenvalue weighted by atomic mass is 14.7. The Morgan fingerprint density at radius 2 is 1.90 bits per heavy atom. The fraction of sp³-hybridized carbons (Fsp3) is 1.00. The Morgan fingerprint density at radius 3 is 2.50 bits per heavy atom. The molecule has 2 bridgehead atoms. The van der Waals surface area contributed by atoms with E-state index >= 15 is 0 Å². The van der Waals surface area contributed by atoms with Crippen molar-refractivity contribution in [1.29, 1.82) is 0 Å². The molecule has 4 aliphatic carbocycles. The second kappa shape index (κ2) is 1.09. The van der Waals surface area contributed by atoms with Crippen molar-refractivity contribution < 1.29 is 0 Å². The number of hydrogen-bond donors (Lipinski definition) is 0. The average Bonchev–Trinajstić information content (AvgIpc) is 2.77. The molecular weight excluding hydrogens is 120 g/mol. The summed E-state index contributed by atoms with van der Waals surface area (Å²) in [5.74, 6) is 4.96. The molecule has 4 aliphatic rings. The first-order valence-electron chi connectivity index (χ1n) is 4.89. The molecule has 0 aromatic rings. The van der Waals surface area contributed by atoms with Gasteiger partial charge in [0.25, 0.3) is 0 Å². The maximum Gasteiger partial charge on any atom is -0.0263 e. The quantitative estimate of drug-likeness (QED) is 0.477. The Hall–Kier alpha value is 0. The summed E-state index contributed by atoms with van der Waals surface area (Å²) < 4.78 is 0. The van der Waals surface area contributed by atoms with Crippen LogP contribution >= 0.6 is 0 Å². The molecule has 0 N–H and O–H groups in total. The Labute approximate surface area is 62.0 Å². The maximum atomic E-state index is 1.65. The SMILES string of the molecule is C1C2C3CC(C12)C1(CC1)C3. The van der Waals surface area contributed by atoms with Crippen LogP contribution in [0.3, 0.4) is 0 Å². The van der Waals surface area contributed by atoms with Gasteiger partial charge in [-0.1, -0.05) is 0 Å². The molecule has 4 rings (SSSR count). The fourth-order valence-corrected chi connectivity index (χ4v) is 4.26. The zero-order valence-electron chi connectivity index (χ0n) is 6.34. The van der Waals surface area contributed by atoms with Gasteiger partial charge in [-0.2, -0.15) is 0 Å². The van der Waals surface area contributed by atoms with Crippen LogP contribution < -0.4 is 0 Å². The minimum Gasteiger partial charge on any atom is -0.0468 e. The fourth-order valence-electron chi connectivity index (χ4n) is 4.26. The molecule has 1 spiro atoms. The monoisotopic (exact) mass is 134 g/mol. The summed E-state index contributed by atoms with van der Waals surface area (Å²) in [6.07, 6.45) is 8.15. The van der Waals surface area contributed by atoms with Crippen LogP contribution in [0.1, 0.15) is 32.1 Å². The third kappa shape index (κ3) is 0.339. The Balaban J connectivity index is 1.84. The van der Waals surface area contributed by atoms with E-state index in [-0.39, 0.29) is 0 Å². The van der Waals surface area contributed by atoms with Gasteiger partial charge in [0.1, 0.15) is 0 Å². The van der Waals surface area contributed by atoms with Crippen molar-refractivity contribution in [3.8, 4) is 0 Å². The second-order valence-corrected chi connectivity index (χ2v) is 5.23. The molecule has 4 atom stereocenters. The minimum absolute atomic E-state index is 0.975. The molecule has 0 heteroatoms. The largest absolute Gasteiger partial charge is 0.0468 e. The molecule has 4 saturated carbocycles. The van der Waals surface area contributed by atoms with Crippen LogP contribution in [-0.4, -0.2) is 0 Å². The van der Waals surface area contributed by atoms with Crippen molar-refractivity contribution in [2.45, 2.75) is 32.1 Å². The standard InChI is InChI=1S/C10H14/c1-2-10(1)5-6-3-9(10)8-4-7(6)8/h6-9H,1-5H2. The van der Waals surface area contributed by atoms with Gasteiger partial charge in [-0.3, -0.25) is 0 Å². The van der Waals surface area contributed by atoms with Crippen LogP contribution in [0.5, 0.6) is 0 Å². The van der Waals surface area contributed by atoms with E-state index in [2.05, 4.69) is 0 Å². The van der Waals surface area contributed by atoms with Gasteiger partial charge in [0.2, 0.25) is 0 Å². The van der Waals surface area contributed by atoms with Crippen molar-refractivity contribution in [3.05, 3.63) is 0 Å². The Bertz CT molecular complexity index is 202. The summed E-state index contributed by atoms with van der Waals surface area (Å²) >= 11 is 0. The summed E-state index contributed by atoms with van der Waals surface area (Å²) in [6.45, 7) is 0. The van der Waals surface area contributed by atoms with E-state index in [1.807, 2.05) is 0 Å². The molecule has 10 heavy (non-hydrogen) atoms. The zero-order valence-corrected chi connectivity index (χ0v) is 6.34. The van der Waals surface area contributed by atoms with Crippen LogP contribution in [0.15, 0.2) is 0 Å². The molecular formula is C10H14. The highest BCUT2D eigenvalue weighted by Crippen LogP contribution is 2.78. The summed E-state index contributed by atoms with van der Waals surface area (Å²) in [7, 11) is 0. The Kier molecular flexibility index (Phi) is 0.522. The van der Waals surface area contributed by atoms with Crippen molar-refractivity contribution in [2.24, 2.45) is 29.1 Å². The number of rotatable bonds is 0. The lowest BCUT2D eigenvalue weighted by molar-refractivity contribution is 0.293. The van der Waals surface area contributed by atoms with Gasteiger partial charge >= 0.3 is 0 Å². The lowest BCUT2D eigenvalue weighted by atomic mass is 9.86.